The molecule has 1 aliphatic heterocycles. The quantitative estimate of drug-likeness (QED) is 0.561. The topological polar surface area (TPSA) is 61.8 Å². The largest absolute Gasteiger partial charge is 0.482 e. The van der Waals surface area contributed by atoms with Crippen molar-refractivity contribution in [3.63, 3.8) is 0 Å². The van der Waals surface area contributed by atoms with E-state index in [4.69, 9.17) is 14.2 Å². The number of hydrogen-bond acceptors (Lipinski definition) is 5. The number of Topliss-reactive ketones (excluding diaryl/α,β-unsaturated/α-hetero) is 1. The van der Waals surface area contributed by atoms with E-state index in [1.165, 1.54) is 5.56 Å². The predicted molar refractivity (Wildman–Crippen MR) is 107 cm³/mol. The predicted octanol–water partition coefficient (Wildman–Crippen LogP) is 4.59. The Morgan fingerprint density at radius 2 is 1.82 bits per heavy atom. The maximum absolute atomic E-state index is 12.6. The molecule has 0 amide bonds. The van der Waals surface area contributed by atoms with E-state index in [1.807, 2.05) is 24.3 Å². The van der Waals surface area contributed by atoms with Crippen LogP contribution in [0.25, 0.3) is 6.08 Å². The number of aryl methyl sites for hydroxylation is 1. The van der Waals surface area contributed by atoms with Gasteiger partial charge in [-0.25, -0.2) is 4.79 Å². The molecule has 146 valence electrons. The molecule has 0 spiro atoms. The fourth-order valence-corrected chi connectivity index (χ4v) is 2.77. The average molecular weight is 380 g/mol. The Labute approximate surface area is 164 Å². The molecular weight excluding hydrogens is 356 g/mol. The molecule has 0 fully saturated rings. The number of fused-ring (bicyclic) bond motifs is 1. The summed E-state index contributed by atoms with van der Waals surface area (Å²) in [5.41, 5.74) is 2.04. The number of carbonyl (C=O) groups excluding carboxylic acids is 2. The van der Waals surface area contributed by atoms with Crippen LogP contribution in [0.1, 0.15) is 49.2 Å². The van der Waals surface area contributed by atoms with Crippen LogP contribution >= 0.6 is 0 Å². The molecule has 2 aromatic carbocycles. The van der Waals surface area contributed by atoms with Crippen LogP contribution < -0.4 is 9.47 Å². The monoisotopic (exact) mass is 380 g/mol. The van der Waals surface area contributed by atoms with Gasteiger partial charge in [-0.1, -0.05) is 31.2 Å². The van der Waals surface area contributed by atoms with Crippen LogP contribution in [-0.2, 0) is 16.0 Å². The molecule has 0 aromatic heterocycles. The van der Waals surface area contributed by atoms with Gasteiger partial charge in [-0.3, -0.25) is 4.79 Å². The van der Waals surface area contributed by atoms with Gasteiger partial charge in [0.05, 0.1) is 5.56 Å². The van der Waals surface area contributed by atoms with E-state index < -0.39 is 11.6 Å². The second kappa shape index (κ2) is 7.89. The summed E-state index contributed by atoms with van der Waals surface area (Å²) in [6.07, 6.45) is 2.69. The van der Waals surface area contributed by atoms with Crippen molar-refractivity contribution in [2.24, 2.45) is 0 Å². The fourth-order valence-electron chi connectivity index (χ4n) is 2.77. The molecule has 1 aliphatic rings. The smallest absolute Gasteiger partial charge is 0.344 e. The van der Waals surface area contributed by atoms with Crippen molar-refractivity contribution in [2.45, 2.75) is 39.7 Å². The van der Waals surface area contributed by atoms with Crippen molar-refractivity contribution < 1.29 is 23.8 Å². The zero-order valence-corrected chi connectivity index (χ0v) is 16.6. The SMILES string of the molecule is CCc1ccc(/C=C2\Oc3cc(OCC(=O)OC(C)(C)C)ccc3C2=O)cc1. The number of carbonyl (C=O) groups is 2. The fraction of sp³-hybridized carbons (Fsp3) is 0.304. The van der Waals surface area contributed by atoms with Gasteiger partial charge >= 0.3 is 5.97 Å². The van der Waals surface area contributed by atoms with Crippen LogP contribution in [0.2, 0.25) is 0 Å². The zero-order chi connectivity index (χ0) is 20.3. The van der Waals surface area contributed by atoms with E-state index in [1.54, 1.807) is 45.0 Å². The van der Waals surface area contributed by atoms with Gasteiger partial charge in [0.1, 0.15) is 17.1 Å². The van der Waals surface area contributed by atoms with Gasteiger partial charge in [-0.05, 0) is 56.5 Å². The molecule has 5 nitrogen and oxygen atoms in total. The van der Waals surface area contributed by atoms with Crippen LogP contribution in [-0.4, -0.2) is 24.0 Å². The lowest BCUT2D eigenvalue weighted by atomic mass is 10.1. The van der Waals surface area contributed by atoms with Gasteiger partial charge in [-0.15, -0.1) is 0 Å². The first-order valence-electron chi connectivity index (χ1n) is 9.27. The summed E-state index contributed by atoms with van der Waals surface area (Å²) in [6.45, 7) is 7.27. The highest BCUT2D eigenvalue weighted by Crippen LogP contribution is 2.35. The van der Waals surface area contributed by atoms with Crippen LogP contribution in [0.15, 0.2) is 48.2 Å². The van der Waals surface area contributed by atoms with Crippen molar-refractivity contribution in [1.82, 2.24) is 0 Å². The molecule has 28 heavy (non-hydrogen) atoms. The minimum Gasteiger partial charge on any atom is -0.482 e. The lowest BCUT2D eigenvalue weighted by molar-refractivity contribution is -0.157. The maximum Gasteiger partial charge on any atom is 0.344 e. The third-order valence-corrected chi connectivity index (χ3v) is 4.10. The number of hydrogen-bond donors (Lipinski definition) is 0. The highest BCUT2D eigenvalue weighted by Gasteiger charge is 2.28. The van der Waals surface area contributed by atoms with E-state index in [9.17, 15) is 9.59 Å². The number of ketones is 1. The van der Waals surface area contributed by atoms with Crippen LogP contribution in [0, 0.1) is 0 Å². The van der Waals surface area contributed by atoms with E-state index in [-0.39, 0.29) is 18.1 Å². The van der Waals surface area contributed by atoms with Crippen molar-refractivity contribution in [2.75, 3.05) is 6.61 Å². The summed E-state index contributed by atoms with van der Waals surface area (Å²) >= 11 is 0. The van der Waals surface area contributed by atoms with E-state index in [2.05, 4.69) is 6.92 Å². The Kier molecular flexibility index (Phi) is 5.54. The summed E-state index contributed by atoms with van der Waals surface area (Å²) < 4.78 is 16.4. The molecule has 1 heterocycles. The normalized spacial score (nSPS) is 14.6. The molecule has 0 bridgehead atoms. The molecule has 2 aromatic rings. The summed E-state index contributed by atoms with van der Waals surface area (Å²) in [5.74, 6) is 0.493. The average Bonchev–Trinajstić information content (AvgIpc) is 2.94. The Balaban J connectivity index is 1.69. The minimum atomic E-state index is -0.567. The summed E-state index contributed by atoms with van der Waals surface area (Å²) in [5, 5.41) is 0. The van der Waals surface area contributed by atoms with Gasteiger partial charge in [-0.2, -0.15) is 0 Å². The third kappa shape index (κ3) is 4.80. The number of allylic oxidation sites excluding steroid dienone is 1. The van der Waals surface area contributed by atoms with Gasteiger partial charge in [0, 0.05) is 6.07 Å². The molecule has 0 aliphatic carbocycles. The minimum absolute atomic E-state index is 0.173. The van der Waals surface area contributed by atoms with Gasteiger partial charge in [0.2, 0.25) is 5.78 Å². The Hall–Kier alpha value is -3.08. The Bertz CT molecular complexity index is 917. The highest BCUT2D eigenvalue weighted by atomic mass is 16.6. The van der Waals surface area contributed by atoms with Crippen molar-refractivity contribution in [3.8, 4) is 11.5 Å². The summed E-state index contributed by atoms with van der Waals surface area (Å²) in [7, 11) is 0. The Morgan fingerprint density at radius 1 is 1.11 bits per heavy atom. The first-order valence-corrected chi connectivity index (χ1v) is 9.27. The standard InChI is InChI=1S/C23H24O5/c1-5-15-6-8-16(9-7-15)12-20-22(25)18-11-10-17(13-19(18)27-20)26-14-21(24)28-23(2,3)4/h6-13H,5,14H2,1-4H3/b20-12-. The number of benzene rings is 2. The Morgan fingerprint density at radius 3 is 2.46 bits per heavy atom. The van der Waals surface area contributed by atoms with E-state index >= 15 is 0 Å². The molecule has 0 saturated heterocycles. The maximum atomic E-state index is 12.6. The van der Waals surface area contributed by atoms with Crippen LogP contribution in [0.3, 0.4) is 0 Å². The molecule has 0 atom stereocenters. The van der Waals surface area contributed by atoms with Gasteiger partial charge in [0.15, 0.2) is 12.4 Å². The first-order chi connectivity index (χ1) is 13.2. The lowest BCUT2D eigenvalue weighted by Gasteiger charge is -2.19. The van der Waals surface area contributed by atoms with E-state index in [0.29, 0.717) is 17.1 Å². The number of rotatable bonds is 5. The van der Waals surface area contributed by atoms with Crippen molar-refractivity contribution in [3.05, 3.63) is 64.9 Å². The molecular formula is C23H24O5. The second-order valence-electron chi connectivity index (χ2n) is 7.57. The zero-order valence-electron chi connectivity index (χ0n) is 16.6. The van der Waals surface area contributed by atoms with Gasteiger partial charge in [0.25, 0.3) is 0 Å². The summed E-state index contributed by atoms with van der Waals surface area (Å²) in [4.78, 5) is 24.3. The molecule has 0 unspecified atom stereocenters. The molecule has 0 N–H and O–H groups in total. The highest BCUT2D eigenvalue weighted by molar-refractivity contribution is 6.14. The van der Waals surface area contributed by atoms with Crippen molar-refractivity contribution >= 4 is 17.8 Å². The molecule has 3 rings (SSSR count). The van der Waals surface area contributed by atoms with Crippen molar-refractivity contribution in [1.29, 1.82) is 0 Å². The van der Waals surface area contributed by atoms with E-state index in [0.717, 1.165) is 12.0 Å². The lowest BCUT2D eigenvalue weighted by Crippen LogP contribution is -2.27. The third-order valence-electron chi connectivity index (χ3n) is 4.10. The number of ether oxygens (including phenoxy) is 3. The second-order valence-corrected chi connectivity index (χ2v) is 7.57. The molecule has 5 heteroatoms. The first kappa shape index (κ1) is 19.7. The number of esters is 1. The van der Waals surface area contributed by atoms with Gasteiger partial charge < -0.3 is 14.2 Å². The van der Waals surface area contributed by atoms with Crippen LogP contribution in [0.4, 0.5) is 0 Å². The van der Waals surface area contributed by atoms with Crippen LogP contribution in [0.5, 0.6) is 11.5 Å². The molecule has 0 saturated carbocycles. The molecule has 0 radical (unpaired) electrons. The summed E-state index contributed by atoms with van der Waals surface area (Å²) in [6, 6.07) is 12.9.